The Morgan fingerprint density at radius 3 is 2.27 bits per heavy atom. The summed E-state index contributed by atoms with van der Waals surface area (Å²) in [6.45, 7) is 1.35. The van der Waals surface area contributed by atoms with Gasteiger partial charge in [0.2, 0.25) is 5.25 Å². The van der Waals surface area contributed by atoms with Gasteiger partial charge in [0, 0.05) is 5.75 Å². The normalized spacial score (nSPS) is 13.5. The highest BCUT2D eigenvalue weighted by atomic mass is 35.5. The molecule has 1 unspecified atom stereocenters. The van der Waals surface area contributed by atoms with Crippen LogP contribution in [0.3, 0.4) is 0 Å². The second-order valence-corrected chi connectivity index (χ2v) is 4.51. The molecule has 62 valence electrons. The topological polar surface area (TPSA) is 75.0 Å². The first-order chi connectivity index (χ1) is 4.95. The van der Waals surface area contributed by atoms with Gasteiger partial charge in [0.05, 0.1) is 6.07 Å². The number of hydrogen-bond donors (Lipinski definition) is 0. The van der Waals surface area contributed by atoms with E-state index in [1.54, 1.807) is 0 Å². The standard InChI is InChI=1S/C5H6ClNO3S/c1-2-11(9,10)4(3-7)5(6)8/h4H,2H2,1H3. The summed E-state index contributed by atoms with van der Waals surface area (Å²) in [6, 6.07) is 1.32. The van der Waals surface area contributed by atoms with E-state index in [0.717, 1.165) is 0 Å². The van der Waals surface area contributed by atoms with Crippen molar-refractivity contribution in [3.05, 3.63) is 0 Å². The third-order valence-electron chi connectivity index (χ3n) is 1.08. The molecular formula is C5H6ClNO3S. The van der Waals surface area contributed by atoms with Crippen molar-refractivity contribution < 1.29 is 13.2 Å². The summed E-state index contributed by atoms with van der Waals surface area (Å²) >= 11 is 4.87. The van der Waals surface area contributed by atoms with Gasteiger partial charge in [-0.1, -0.05) is 6.92 Å². The van der Waals surface area contributed by atoms with Crippen molar-refractivity contribution in [2.75, 3.05) is 5.75 Å². The van der Waals surface area contributed by atoms with Crippen molar-refractivity contribution in [2.24, 2.45) is 0 Å². The molecule has 0 saturated heterocycles. The molecular weight excluding hydrogens is 190 g/mol. The van der Waals surface area contributed by atoms with Crippen LogP contribution in [0.1, 0.15) is 6.92 Å². The van der Waals surface area contributed by atoms with E-state index in [0.29, 0.717) is 0 Å². The maximum atomic E-state index is 10.8. The Balaban J connectivity index is 4.85. The lowest BCUT2D eigenvalue weighted by atomic mass is 10.5. The van der Waals surface area contributed by atoms with Crippen molar-refractivity contribution >= 4 is 26.7 Å². The van der Waals surface area contributed by atoms with Gasteiger partial charge in [0.25, 0.3) is 5.24 Å². The van der Waals surface area contributed by atoms with E-state index in [1.807, 2.05) is 0 Å². The molecule has 0 amide bonds. The average molecular weight is 196 g/mol. The average Bonchev–Trinajstić information content (AvgIpc) is 1.88. The molecule has 0 aliphatic carbocycles. The molecule has 0 rings (SSSR count). The van der Waals surface area contributed by atoms with Crippen LogP contribution in [-0.4, -0.2) is 24.7 Å². The van der Waals surface area contributed by atoms with Crippen molar-refractivity contribution in [3.63, 3.8) is 0 Å². The molecule has 4 nitrogen and oxygen atoms in total. The number of nitrogens with zero attached hydrogens (tertiary/aromatic N) is 1. The lowest BCUT2D eigenvalue weighted by molar-refractivity contribution is -0.110. The first kappa shape index (κ1) is 10.4. The number of carbonyl (C=O) groups excluding carboxylic acids is 1. The van der Waals surface area contributed by atoms with Crippen LogP contribution >= 0.6 is 11.6 Å². The van der Waals surface area contributed by atoms with Crippen molar-refractivity contribution in [1.29, 1.82) is 5.26 Å². The fraction of sp³-hybridized carbons (Fsp3) is 0.600. The fourth-order valence-electron chi connectivity index (χ4n) is 0.439. The molecule has 0 aliphatic heterocycles. The monoisotopic (exact) mass is 195 g/mol. The molecule has 0 saturated carbocycles. The van der Waals surface area contributed by atoms with Crippen molar-refractivity contribution in [3.8, 4) is 6.07 Å². The number of hydrogen-bond acceptors (Lipinski definition) is 4. The molecule has 6 heteroatoms. The third-order valence-corrected chi connectivity index (χ3v) is 3.27. The third kappa shape index (κ3) is 2.48. The van der Waals surface area contributed by atoms with E-state index >= 15 is 0 Å². The Bertz CT molecular complexity index is 289. The van der Waals surface area contributed by atoms with E-state index in [9.17, 15) is 13.2 Å². The van der Waals surface area contributed by atoms with E-state index in [-0.39, 0.29) is 5.75 Å². The van der Waals surface area contributed by atoms with Gasteiger partial charge in [-0.05, 0) is 11.6 Å². The highest BCUT2D eigenvalue weighted by Crippen LogP contribution is 2.04. The first-order valence-corrected chi connectivity index (χ1v) is 4.85. The van der Waals surface area contributed by atoms with Gasteiger partial charge in [-0.2, -0.15) is 5.26 Å². The molecule has 0 bridgehead atoms. The number of rotatable bonds is 3. The Morgan fingerprint density at radius 2 is 2.18 bits per heavy atom. The summed E-state index contributed by atoms with van der Waals surface area (Å²) in [6.07, 6.45) is 0. The van der Waals surface area contributed by atoms with Crippen LogP contribution in [0.15, 0.2) is 0 Å². The molecule has 1 atom stereocenters. The van der Waals surface area contributed by atoms with Crippen LogP contribution in [-0.2, 0) is 14.6 Å². The van der Waals surface area contributed by atoms with Gasteiger partial charge in [-0.25, -0.2) is 8.42 Å². The number of sulfone groups is 1. The van der Waals surface area contributed by atoms with Crippen LogP contribution in [0.25, 0.3) is 0 Å². The van der Waals surface area contributed by atoms with Crippen LogP contribution in [0, 0.1) is 11.3 Å². The largest absolute Gasteiger partial charge is 0.279 e. The Hall–Kier alpha value is -0.600. The Labute approximate surface area is 69.7 Å². The van der Waals surface area contributed by atoms with Crippen molar-refractivity contribution in [2.45, 2.75) is 12.2 Å². The van der Waals surface area contributed by atoms with Gasteiger partial charge >= 0.3 is 0 Å². The molecule has 11 heavy (non-hydrogen) atoms. The van der Waals surface area contributed by atoms with Gasteiger partial charge in [-0.3, -0.25) is 4.79 Å². The second kappa shape index (κ2) is 3.69. The highest BCUT2D eigenvalue weighted by Gasteiger charge is 2.29. The smallest absolute Gasteiger partial charge is 0.254 e. The minimum absolute atomic E-state index is 0.260. The summed E-state index contributed by atoms with van der Waals surface area (Å²) in [5.74, 6) is -0.260. The summed E-state index contributed by atoms with van der Waals surface area (Å²) in [5, 5.41) is 5.37. The quantitative estimate of drug-likeness (QED) is 0.598. The van der Waals surface area contributed by atoms with E-state index in [2.05, 4.69) is 0 Å². The maximum Gasteiger partial charge on any atom is 0.254 e. The molecule has 0 fully saturated rings. The molecule has 0 aromatic carbocycles. The van der Waals surface area contributed by atoms with Crippen LogP contribution in [0.2, 0.25) is 0 Å². The number of carbonyl (C=O) groups is 1. The van der Waals surface area contributed by atoms with Crippen molar-refractivity contribution in [1.82, 2.24) is 0 Å². The SMILES string of the molecule is CCS(=O)(=O)C(C#N)C(=O)Cl. The summed E-state index contributed by atoms with van der Waals surface area (Å²) in [5.41, 5.74) is 0. The van der Waals surface area contributed by atoms with Crippen LogP contribution in [0.5, 0.6) is 0 Å². The Kier molecular flexibility index (Phi) is 3.49. The molecule has 0 radical (unpaired) electrons. The van der Waals surface area contributed by atoms with Crippen LogP contribution in [0.4, 0.5) is 0 Å². The minimum atomic E-state index is -3.65. The van der Waals surface area contributed by atoms with Gasteiger partial charge < -0.3 is 0 Å². The van der Waals surface area contributed by atoms with Crippen LogP contribution < -0.4 is 0 Å². The lowest BCUT2D eigenvalue weighted by Gasteiger charge is -2.01. The van der Waals surface area contributed by atoms with E-state index in [1.165, 1.54) is 13.0 Å². The van der Waals surface area contributed by atoms with Gasteiger partial charge in [-0.15, -0.1) is 0 Å². The predicted molar refractivity (Wildman–Crippen MR) is 39.7 cm³/mol. The second-order valence-electron chi connectivity index (χ2n) is 1.76. The molecule has 0 aromatic heterocycles. The molecule has 0 heterocycles. The molecule has 0 N–H and O–H groups in total. The zero-order valence-electron chi connectivity index (χ0n) is 5.74. The minimum Gasteiger partial charge on any atom is -0.279 e. The molecule has 0 aromatic rings. The fourth-order valence-corrected chi connectivity index (χ4v) is 1.67. The van der Waals surface area contributed by atoms with E-state index < -0.39 is 20.3 Å². The molecule has 0 aliphatic rings. The molecule has 0 spiro atoms. The maximum absolute atomic E-state index is 10.8. The van der Waals surface area contributed by atoms with Gasteiger partial charge in [0.1, 0.15) is 0 Å². The Morgan fingerprint density at radius 1 is 1.73 bits per heavy atom. The zero-order valence-corrected chi connectivity index (χ0v) is 7.32. The highest BCUT2D eigenvalue weighted by molar-refractivity contribution is 7.93. The lowest BCUT2D eigenvalue weighted by Crippen LogP contribution is -2.26. The van der Waals surface area contributed by atoms with Gasteiger partial charge in [0.15, 0.2) is 9.84 Å². The summed E-state index contributed by atoms with van der Waals surface area (Å²) in [4.78, 5) is 10.3. The number of halogens is 1. The first-order valence-electron chi connectivity index (χ1n) is 2.76. The zero-order chi connectivity index (χ0) is 9.07. The summed E-state index contributed by atoms with van der Waals surface area (Å²) < 4.78 is 21.7. The predicted octanol–water partition coefficient (Wildman–Crippen LogP) is 0.0787. The van der Waals surface area contributed by atoms with E-state index in [4.69, 9.17) is 16.9 Å². The summed E-state index contributed by atoms with van der Waals surface area (Å²) in [7, 11) is -3.65. The number of nitriles is 1.